The van der Waals surface area contributed by atoms with Crippen molar-refractivity contribution in [2.45, 2.75) is 32.2 Å². The molecule has 1 fully saturated rings. The monoisotopic (exact) mass is 510 g/mol. The van der Waals surface area contributed by atoms with Crippen molar-refractivity contribution in [1.29, 1.82) is 0 Å². The van der Waals surface area contributed by atoms with E-state index in [9.17, 15) is 4.39 Å². The minimum absolute atomic E-state index is 0. The lowest BCUT2D eigenvalue weighted by atomic mass is 10.1. The number of benzene rings is 1. The van der Waals surface area contributed by atoms with Gasteiger partial charge in [0.25, 0.3) is 0 Å². The van der Waals surface area contributed by atoms with E-state index in [0.29, 0.717) is 12.6 Å². The highest BCUT2D eigenvalue weighted by Gasteiger charge is 2.17. The third-order valence-corrected chi connectivity index (χ3v) is 5.05. The van der Waals surface area contributed by atoms with E-state index in [1.165, 1.54) is 6.07 Å². The molecule has 0 radical (unpaired) electrons. The fourth-order valence-electron chi connectivity index (χ4n) is 2.94. The van der Waals surface area contributed by atoms with Gasteiger partial charge in [-0.05, 0) is 43.4 Å². The lowest BCUT2D eigenvalue weighted by molar-refractivity contribution is 0.0211. The highest BCUT2D eigenvalue weighted by molar-refractivity contribution is 14.0. The minimum Gasteiger partial charge on any atom is -0.379 e. The maximum atomic E-state index is 13.5. The molecule has 1 atom stereocenters. The fraction of sp³-hybridized carbons (Fsp3) is 0.632. The zero-order valence-electron chi connectivity index (χ0n) is 16.5. The topological polar surface area (TPSA) is 48.9 Å². The van der Waals surface area contributed by atoms with Crippen LogP contribution in [0, 0.1) is 5.82 Å². The predicted octanol–water partition coefficient (Wildman–Crippen LogP) is 3.08. The smallest absolute Gasteiger partial charge is 0.191 e. The van der Waals surface area contributed by atoms with Crippen LogP contribution < -0.4 is 10.6 Å². The van der Waals surface area contributed by atoms with Gasteiger partial charge < -0.3 is 15.4 Å². The molecule has 154 valence electrons. The Kier molecular flexibility index (Phi) is 12.3. The largest absolute Gasteiger partial charge is 0.379 e. The number of rotatable bonds is 8. The Morgan fingerprint density at radius 1 is 1.30 bits per heavy atom. The normalized spacial score (nSPS) is 16.5. The maximum Gasteiger partial charge on any atom is 0.191 e. The summed E-state index contributed by atoms with van der Waals surface area (Å²) in [6.45, 7) is 10.0. The Labute approximate surface area is 183 Å². The SMILES string of the molecule is CCNC(=NCc1ccc(F)cc1CSC)NCC(C)N1CCOCC1.I. The number of hydrogen-bond acceptors (Lipinski definition) is 4. The fourth-order valence-corrected chi connectivity index (χ4v) is 3.52. The number of ether oxygens (including phenoxy) is 1. The lowest BCUT2D eigenvalue weighted by Crippen LogP contribution is -2.49. The van der Waals surface area contributed by atoms with Crippen molar-refractivity contribution < 1.29 is 9.13 Å². The van der Waals surface area contributed by atoms with Crippen molar-refractivity contribution in [3.63, 3.8) is 0 Å². The van der Waals surface area contributed by atoms with Crippen molar-refractivity contribution in [2.75, 3.05) is 45.6 Å². The molecule has 1 unspecified atom stereocenters. The van der Waals surface area contributed by atoms with E-state index >= 15 is 0 Å². The number of guanidine groups is 1. The summed E-state index contributed by atoms with van der Waals surface area (Å²) in [7, 11) is 0. The molecule has 1 aromatic rings. The highest BCUT2D eigenvalue weighted by atomic mass is 127. The van der Waals surface area contributed by atoms with Crippen LogP contribution in [-0.2, 0) is 17.0 Å². The first-order valence-corrected chi connectivity index (χ1v) is 10.6. The molecule has 0 amide bonds. The van der Waals surface area contributed by atoms with Gasteiger partial charge in [-0.2, -0.15) is 11.8 Å². The van der Waals surface area contributed by atoms with Crippen molar-refractivity contribution >= 4 is 41.7 Å². The molecule has 0 bridgehead atoms. The standard InChI is InChI=1S/C19H31FN4OS.HI/c1-4-21-19(22-12-15(2)24-7-9-25-10-8-24)23-13-16-5-6-18(20)11-17(16)14-26-3;/h5-6,11,15H,4,7-10,12-14H2,1-3H3,(H2,21,22,23);1H. The van der Waals surface area contributed by atoms with E-state index in [1.807, 2.05) is 12.3 Å². The molecule has 2 N–H and O–H groups in total. The summed E-state index contributed by atoms with van der Waals surface area (Å²) in [5, 5.41) is 6.72. The Morgan fingerprint density at radius 2 is 2.04 bits per heavy atom. The average Bonchev–Trinajstić information content (AvgIpc) is 2.66. The van der Waals surface area contributed by atoms with Crippen LogP contribution in [0.4, 0.5) is 4.39 Å². The molecule has 1 aromatic carbocycles. The third kappa shape index (κ3) is 8.53. The molecule has 1 aliphatic heterocycles. The Bertz CT molecular complexity index is 585. The van der Waals surface area contributed by atoms with Crippen LogP contribution in [0.2, 0.25) is 0 Å². The van der Waals surface area contributed by atoms with E-state index in [0.717, 1.165) is 62.2 Å². The highest BCUT2D eigenvalue weighted by Crippen LogP contribution is 2.17. The van der Waals surface area contributed by atoms with Gasteiger partial charge in [0.2, 0.25) is 0 Å². The van der Waals surface area contributed by atoms with Gasteiger partial charge in [-0.3, -0.25) is 4.90 Å². The second-order valence-electron chi connectivity index (χ2n) is 6.42. The number of halogens is 2. The van der Waals surface area contributed by atoms with Crippen LogP contribution in [0.25, 0.3) is 0 Å². The molecular weight excluding hydrogens is 478 g/mol. The van der Waals surface area contributed by atoms with Crippen LogP contribution >= 0.6 is 35.7 Å². The van der Waals surface area contributed by atoms with Gasteiger partial charge in [0.15, 0.2) is 5.96 Å². The van der Waals surface area contributed by atoms with Gasteiger partial charge in [-0.25, -0.2) is 9.38 Å². The summed E-state index contributed by atoms with van der Waals surface area (Å²) in [6.07, 6.45) is 2.02. The summed E-state index contributed by atoms with van der Waals surface area (Å²) < 4.78 is 18.9. The van der Waals surface area contributed by atoms with Crippen LogP contribution in [0.15, 0.2) is 23.2 Å². The molecule has 0 aromatic heterocycles. The molecule has 1 saturated heterocycles. The quantitative estimate of drug-likeness (QED) is 0.320. The van der Waals surface area contributed by atoms with E-state index in [4.69, 9.17) is 9.73 Å². The van der Waals surface area contributed by atoms with Crippen molar-refractivity contribution in [1.82, 2.24) is 15.5 Å². The van der Waals surface area contributed by atoms with Gasteiger partial charge in [-0.15, -0.1) is 24.0 Å². The number of thioether (sulfide) groups is 1. The van der Waals surface area contributed by atoms with Gasteiger partial charge in [0.1, 0.15) is 5.82 Å². The number of hydrogen-bond donors (Lipinski definition) is 2. The van der Waals surface area contributed by atoms with Gasteiger partial charge in [0.05, 0.1) is 19.8 Å². The molecule has 8 heteroatoms. The first kappa shape index (κ1) is 24.5. The summed E-state index contributed by atoms with van der Waals surface area (Å²) in [5.41, 5.74) is 2.08. The molecular formula is C19H32FIN4OS. The molecule has 0 saturated carbocycles. The van der Waals surface area contributed by atoms with Gasteiger partial charge in [0, 0.05) is 38.0 Å². The number of aliphatic imine (C=N–C) groups is 1. The maximum absolute atomic E-state index is 13.5. The van der Waals surface area contributed by atoms with Crippen molar-refractivity contribution in [3.05, 3.63) is 35.1 Å². The molecule has 5 nitrogen and oxygen atoms in total. The van der Waals surface area contributed by atoms with E-state index in [2.05, 4.69) is 29.4 Å². The van der Waals surface area contributed by atoms with Crippen molar-refractivity contribution in [2.24, 2.45) is 4.99 Å². The average molecular weight is 510 g/mol. The van der Waals surface area contributed by atoms with E-state index in [-0.39, 0.29) is 29.8 Å². The van der Waals surface area contributed by atoms with E-state index in [1.54, 1.807) is 17.8 Å². The Morgan fingerprint density at radius 3 is 2.70 bits per heavy atom. The molecule has 2 rings (SSSR count). The van der Waals surface area contributed by atoms with Crippen LogP contribution in [0.1, 0.15) is 25.0 Å². The minimum atomic E-state index is -0.189. The third-order valence-electron chi connectivity index (χ3n) is 4.45. The molecule has 1 heterocycles. The molecule has 0 aliphatic carbocycles. The molecule has 1 aliphatic rings. The Hall–Kier alpha value is -0.580. The molecule has 0 spiro atoms. The number of nitrogens with one attached hydrogen (secondary N) is 2. The summed E-state index contributed by atoms with van der Waals surface area (Å²) >= 11 is 1.69. The second kappa shape index (κ2) is 13.6. The van der Waals surface area contributed by atoms with E-state index < -0.39 is 0 Å². The zero-order valence-corrected chi connectivity index (χ0v) is 19.6. The predicted molar refractivity (Wildman–Crippen MR) is 124 cm³/mol. The number of nitrogens with zero attached hydrogens (tertiary/aromatic N) is 2. The molecule has 27 heavy (non-hydrogen) atoms. The zero-order chi connectivity index (χ0) is 18.8. The van der Waals surface area contributed by atoms with Crippen LogP contribution in [0.5, 0.6) is 0 Å². The second-order valence-corrected chi connectivity index (χ2v) is 7.29. The Balaban J connectivity index is 0.00000364. The van der Waals surface area contributed by atoms with Crippen molar-refractivity contribution in [3.8, 4) is 0 Å². The van der Waals surface area contributed by atoms with Crippen LogP contribution in [0.3, 0.4) is 0 Å². The van der Waals surface area contributed by atoms with Crippen LogP contribution in [-0.4, -0.2) is 62.5 Å². The first-order valence-electron chi connectivity index (χ1n) is 9.24. The summed E-state index contributed by atoms with van der Waals surface area (Å²) in [4.78, 5) is 7.12. The van der Waals surface area contributed by atoms with Gasteiger partial charge in [-0.1, -0.05) is 6.07 Å². The number of morpholine rings is 1. The summed E-state index contributed by atoms with van der Waals surface area (Å²) in [6, 6.07) is 5.38. The summed E-state index contributed by atoms with van der Waals surface area (Å²) in [5.74, 6) is 1.40. The van der Waals surface area contributed by atoms with Gasteiger partial charge >= 0.3 is 0 Å². The first-order chi connectivity index (χ1) is 12.6. The lowest BCUT2D eigenvalue weighted by Gasteiger charge is -2.32.